The third-order valence-corrected chi connectivity index (χ3v) is 4.52. The maximum Gasteiger partial charge on any atom is 0.335 e. The zero-order valence-electron chi connectivity index (χ0n) is 15.0. The second-order valence-electron chi connectivity index (χ2n) is 6.39. The topological polar surface area (TPSA) is 78.9 Å². The van der Waals surface area contributed by atoms with Gasteiger partial charge in [-0.2, -0.15) is 0 Å². The number of aryl methyl sites for hydroxylation is 1. The molecule has 0 unspecified atom stereocenters. The lowest BCUT2D eigenvalue weighted by Crippen LogP contribution is -1.99. The number of rotatable bonds is 4. The summed E-state index contributed by atoms with van der Waals surface area (Å²) in [4.78, 5) is 23.4. The SMILES string of the molecule is Cc1cc(-c2nc(-c3ccc(F)cc3)c(-c3ccncc3)[nH]2)ccc1C(=O)O. The summed E-state index contributed by atoms with van der Waals surface area (Å²) in [5.74, 6) is -0.677. The van der Waals surface area contributed by atoms with Gasteiger partial charge in [0.25, 0.3) is 0 Å². The lowest BCUT2D eigenvalue weighted by Gasteiger charge is -2.03. The average Bonchev–Trinajstić information content (AvgIpc) is 3.14. The van der Waals surface area contributed by atoms with Crippen LogP contribution in [0.5, 0.6) is 0 Å². The molecule has 2 aromatic heterocycles. The van der Waals surface area contributed by atoms with Crippen LogP contribution in [-0.2, 0) is 0 Å². The third kappa shape index (κ3) is 3.27. The Labute approximate surface area is 160 Å². The molecule has 0 spiro atoms. The van der Waals surface area contributed by atoms with Crippen molar-refractivity contribution in [3.8, 4) is 33.9 Å². The van der Waals surface area contributed by atoms with Gasteiger partial charge in [-0.15, -0.1) is 0 Å². The van der Waals surface area contributed by atoms with E-state index in [1.54, 1.807) is 49.6 Å². The molecule has 4 rings (SSSR count). The van der Waals surface area contributed by atoms with Crippen LogP contribution in [0.1, 0.15) is 15.9 Å². The fourth-order valence-corrected chi connectivity index (χ4v) is 3.11. The Balaban J connectivity index is 1.87. The van der Waals surface area contributed by atoms with Gasteiger partial charge in [-0.1, -0.05) is 6.07 Å². The first kappa shape index (κ1) is 17.6. The Hall–Kier alpha value is -3.80. The fraction of sp³-hybridized carbons (Fsp3) is 0.0455. The number of aromatic nitrogens is 3. The first-order valence-corrected chi connectivity index (χ1v) is 8.63. The molecular weight excluding hydrogens is 357 g/mol. The number of nitrogens with one attached hydrogen (secondary N) is 1. The lowest BCUT2D eigenvalue weighted by molar-refractivity contribution is 0.0696. The normalized spacial score (nSPS) is 10.8. The van der Waals surface area contributed by atoms with Gasteiger partial charge in [-0.3, -0.25) is 4.98 Å². The van der Waals surface area contributed by atoms with E-state index < -0.39 is 5.97 Å². The van der Waals surface area contributed by atoms with E-state index >= 15 is 0 Å². The molecule has 0 aliphatic rings. The molecule has 28 heavy (non-hydrogen) atoms. The number of halogens is 1. The van der Waals surface area contributed by atoms with Gasteiger partial charge in [0, 0.05) is 29.1 Å². The van der Waals surface area contributed by atoms with Crippen LogP contribution in [0, 0.1) is 12.7 Å². The number of carbonyl (C=O) groups is 1. The molecule has 0 fully saturated rings. The summed E-state index contributed by atoms with van der Waals surface area (Å²) >= 11 is 0. The number of hydrogen-bond donors (Lipinski definition) is 2. The van der Waals surface area contributed by atoms with Crippen molar-refractivity contribution in [2.75, 3.05) is 0 Å². The molecule has 0 aliphatic carbocycles. The molecule has 0 bridgehead atoms. The van der Waals surface area contributed by atoms with E-state index in [1.807, 2.05) is 12.1 Å². The zero-order valence-corrected chi connectivity index (χ0v) is 15.0. The van der Waals surface area contributed by atoms with Crippen LogP contribution in [0.2, 0.25) is 0 Å². The Morgan fingerprint density at radius 2 is 1.64 bits per heavy atom. The highest BCUT2D eigenvalue weighted by molar-refractivity contribution is 5.90. The van der Waals surface area contributed by atoms with E-state index in [1.165, 1.54) is 12.1 Å². The van der Waals surface area contributed by atoms with Gasteiger partial charge in [0.15, 0.2) is 0 Å². The molecule has 0 radical (unpaired) electrons. The van der Waals surface area contributed by atoms with Crippen molar-refractivity contribution in [2.24, 2.45) is 0 Å². The molecule has 0 amide bonds. The molecule has 0 saturated carbocycles. The number of aromatic amines is 1. The van der Waals surface area contributed by atoms with Crippen molar-refractivity contribution in [1.29, 1.82) is 0 Å². The quantitative estimate of drug-likeness (QED) is 0.530. The van der Waals surface area contributed by atoms with Crippen molar-refractivity contribution >= 4 is 5.97 Å². The van der Waals surface area contributed by atoms with Crippen molar-refractivity contribution in [1.82, 2.24) is 15.0 Å². The standard InChI is InChI=1S/C22H16FN3O2/c1-13-12-16(4-7-18(13)22(27)28)21-25-19(14-2-5-17(23)6-3-14)20(26-21)15-8-10-24-11-9-15/h2-12H,1H3,(H,25,26)(H,27,28). The number of carboxylic acids is 1. The number of benzene rings is 2. The zero-order chi connectivity index (χ0) is 19.7. The highest BCUT2D eigenvalue weighted by Gasteiger charge is 2.16. The van der Waals surface area contributed by atoms with Crippen LogP contribution < -0.4 is 0 Å². The summed E-state index contributed by atoms with van der Waals surface area (Å²) in [5.41, 5.74) is 4.80. The molecule has 4 aromatic rings. The molecule has 138 valence electrons. The average molecular weight is 373 g/mol. The van der Waals surface area contributed by atoms with Crippen molar-refractivity contribution in [2.45, 2.75) is 6.92 Å². The van der Waals surface area contributed by atoms with Crippen molar-refractivity contribution < 1.29 is 14.3 Å². The second-order valence-corrected chi connectivity index (χ2v) is 6.39. The Morgan fingerprint density at radius 1 is 0.964 bits per heavy atom. The van der Waals surface area contributed by atoms with E-state index in [2.05, 4.69) is 9.97 Å². The number of imidazole rings is 1. The maximum atomic E-state index is 13.4. The van der Waals surface area contributed by atoms with E-state index in [4.69, 9.17) is 4.98 Å². The third-order valence-electron chi connectivity index (χ3n) is 4.52. The Kier molecular flexibility index (Phi) is 4.45. The van der Waals surface area contributed by atoms with Crippen LogP contribution >= 0.6 is 0 Å². The van der Waals surface area contributed by atoms with Crippen LogP contribution in [0.3, 0.4) is 0 Å². The predicted molar refractivity (Wildman–Crippen MR) is 104 cm³/mol. The summed E-state index contributed by atoms with van der Waals surface area (Å²) in [6, 6.07) is 15.0. The number of pyridine rings is 1. The van der Waals surface area contributed by atoms with E-state index in [0.717, 1.165) is 22.4 Å². The molecule has 2 aromatic carbocycles. The molecule has 0 atom stereocenters. The van der Waals surface area contributed by atoms with Gasteiger partial charge in [0.2, 0.25) is 0 Å². The Morgan fingerprint density at radius 3 is 2.29 bits per heavy atom. The minimum Gasteiger partial charge on any atom is -0.478 e. The van der Waals surface area contributed by atoms with Crippen molar-refractivity contribution in [3.05, 3.63) is 83.9 Å². The van der Waals surface area contributed by atoms with Crippen LogP contribution in [-0.4, -0.2) is 26.0 Å². The van der Waals surface area contributed by atoms with Gasteiger partial charge < -0.3 is 10.1 Å². The lowest BCUT2D eigenvalue weighted by atomic mass is 10.0. The highest BCUT2D eigenvalue weighted by atomic mass is 19.1. The molecule has 2 N–H and O–H groups in total. The summed E-state index contributed by atoms with van der Waals surface area (Å²) < 4.78 is 13.4. The van der Waals surface area contributed by atoms with Crippen LogP contribution in [0.25, 0.3) is 33.9 Å². The van der Waals surface area contributed by atoms with Crippen LogP contribution in [0.15, 0.2) is 67.0 Å². The molecular formula is C22H16FN3O2. The van der Waals surface area contributed by atoms with Gasteiger partial charge in [0.05, 0.1) is 17.0 Å². The number of hydrogen-bond acceptors (Lipinski definition) is 3. The van der Waals surface area contributed by atoms with E-state index in [9.17, 15) is 14.3 Å². The number of nitrogens with zero attached hydrogens (tertiary/aromatic N) is 2. The summed E-state index contributed by atoms with van der Waals surface area (Å²) in [6.45, 7) is 1.75. The first-order valence-electron chi connectivity index (χ1n) is 8.63. The number of aromatic carboxylic acids is 1. The number of H-pyrrole nitrogens is 1. The fourth-order valence-electron chi connectivity index (χ4n) is 3.11. The monoisotopic (exact) mass is 373 g/mol. The van der Waals surface area contributed by atoms with Crippen LogP contribution in [0.4, 0.5) is 4.39 Å². The molecule has 2 heterocycles. The second kappa shape index (κ2) is 7.08. The smallest absolute Gasteiger partial charge is 0.335 e. The van der Waals surface area contributed by atoms with Gasteiger partial charge in [-0.25, -0.2) is 14.2 Å². The van der Waals surface area contributed by atoms with Gasteiger partial charge in [0.1, 0.15) is 11.6 Å². The first-order chi connectivity index (χ1) is 13.5. The minimum atomic E-state index is -0.965. The van der Waals surface area contributed by atoms with E-state index in [-0.39, 0.29) is 11.4 Å². The summed E-state index contributed by atoms with van der Waals surface area (Å²) in [5, 5.41) is 9.24. The van der Waals surface area contributed by atoms with Gasteiger partial charge >= 0.3 is 5.97 Å². The summed E-state index contributed by atoms with van der Waals surface area (Å²) in [6.07, 6.45) is 3.38. The predicted octanol–water partition coefficient (Wildman–Crippen LogP) is 4.95. The van der Waals surface area contributed by atoms with E-state index in [0.29, 0.717) is 17.1 Å². The molecule has 5 nitrogen and oxygen atoms in total. The molecule has 0 saturated heterocycles. The number of carboxylic acid groups (broad SMARTS) is 1. The minimum absolute atomic E-state index is 0.253. The largest absolute Gasteiger partial charge is 0.478 e. The highest BCUT2D eigenvalue weighted by Crippen LogP contribution is 2.33. The van der Waals surface area contributed by atoms with Crippen molar-refractivity contribution in [3.63, 3.8) is 0 Å². The molecule has 0 aliphatic heterocycles. The summed E-state index contributed by atoms with van der Waals surface area (Å²) in [7, 11) is 0. The maximum absolute atomic E-state index is 13.4. The Bertz CT molecular complexity index is 1150. The van der Waals surface area contributed by atoms with Gasteiger partial charge in [-0.05, 0) is 61.0 Å². The molecule has 6 heteroatoms.